The third-order valence-electron chi connectivity index (χ3n) is 3.19. The van der Waals surface area contributed by atoms with E-state index in [0.29, 0.717) is 12.5 Å². The molecule has 0 amide bonds. The molecular weight excluding hydrogens is 319 g/mol. The maximum Gasteiger partial charge on any atom is 0.123 e. The molecule has 1 heterocycles. The van der Waals surface area contributed by atoms with E-state index < -0.39 is 0 Å². The van der Waals surface area contributed by atoms with E-state index in [1.807, 2.05) is 24.3 Å². The van der Waals surface area contributed by atoms with Crippen LogP contribution in [0.5, 0.6) is 0 Å². The van der Waals surface area contributed by atoms with Gasteiger partial charge in [-0.25, -0.2) is 4.39 Å². The predicted octanol–water partition coefficient (Wildman–Crippen LogP) is 4.47. The normalized spacial score (nSPS) is 12.7. The predicted molar refractivity (Wildman–Crippen MR) is 82.8 cm³/mol. The highest BCUT2D eigenvalue weighted by molar-refractivity contribution is 9.10. The minimum Gasteiger partial charge on any atom is -0.304 e. The average molecular weight is 337 g/mol. The smallest absolute Gasteiger partial charge is 0.123 e. The molecule has 1 aromatic carbocycles. The Hall–Kier alpha value is -1.26. The fourth-order valence-electron chi connectivity index (χ4n) is 2.13. The number of nitrogens with one attached hydrogen (secondary N) is 1. The zero-order valence-corrected chi connectivity index (χ0v) is 13.2. The molecule has 0 aliphatic heterocycles. The zero-order chi connectivity index (χ0) is 14.5. The van der Waals surface area contributed by atoms with Crippen molar-refractivity contribution in [2.24, 2.45) is 5.92 Å². The van der Waals surface area contributed by atoms with E-state index in [-0.39, 0.29) is 11.9 Å². The van der Waals surface area contributed by atoms with Gasteiger partial charge in [0.1, 0.15) is 5.82 Å². The van der Waals surface area contributed by atoms with Crippen molar-refractivity contribution in [1.82, 2.24) is 10.3 Å². The zero-order valence-electron chi connectivity index (χ0n) is 11.6. The van der Waals surface area contributed by atoms with Crippen LogP contribution in [-0.2, 0) is 6.54 Å². The molecule has 2 aromatic rings. The second-order valence-corrected chi connectivity index (χ2v) is 6.04. The van der Waals surface area contributed by atoms with E-state index >= 15 is 0 Å². The molecule has 4 heteroatoms. The lowest BCUT2D eigenvalue weighted by molar-refractivity contribution is 0.408. The fourth-order valence-corrected chi connectivity index (χ4v) is 2.37. The van der Waals surface area contributed by atoms with Gasteiger partial charge >= 0.3 is 0 Å². The molecule has 0 spiro atoms. The van der Waals surface area contributed by atoms with Gasteiger partial charge < -0.3 is 5.32 Å². The first kappa shape index (κ1) is 15.1. The van der Waals surface area contributed by atoms with Crippen molar-refractivity contribution < 1.29 is 4.39 Å². The molecule has 0 saturated heterocycles. The molecule has 106 valence electrons. The topological polar surface area (TPSA) is 24.9 Å². The Kier molecular flexibility index (Phi) is 5.26. The molecule has 0 aliphatic carbocycles. The molecule has 1 aromatic heterocycles. The van der Waals surface area contributed by atoms with E-state index in [2.05, 4.69) is 40.1 Å². The highest BCUT2D eigenvalue weighted by atomic mass is 79.9. The second kappa shape index (κ2) is 6.95. The second-order valence-electron chi connectivity index (χ2n) is 5.12. The fraction of sp³-hybridized carbons (Fsp3) is 0.312. The molecule has 2 rings (SSSR count). The van der Waals surface area contributed by atoms with Crippen LogP contribution in [0.25, 0.3) is 0 Å². The summed E-state index contributed by atoms with van der Waals surface area (Å²) in [6, 6.07) is 10.8. The molecule has 0 saturated carbocycles. The summed E-state index contributed by atoms with van der Waals surface area (Å²) < 4.78 is 14.0. The summed E-state index contributed by atoms with van der Waals surface area (Å²) in [5.74, 6) is 0.210. The van der Waals surface area contributed by atoms with Gasteiger partial charge in [-0.3, -0.25) is 4.98 Å². The maximum absolute atomic E-state index is 13.0. The number of nitrogens with zero attached hydrogens (tertiary/aromatic N) is 1. The lowest BCUT2D eigenvalue weighted by Gasteiger charge is -2.23. The molecule has 0 bridgehead atoms. The summed E-state index contributed by atoms with van der Waals surface area (Å²) in [6.45, 7) is 4.99. The molecule has 1 unspecified atom stereocenters. The van der Waals surface area contributed by atoms with Crippen molar-refractivity contribution in [3.8, 4) is 0 Å². The Labute approximate surface area is 127 Å². The van der Waals surface area contributed by atoms with Gasteiger partial charge in [0.15, 0.2) is 0 Å². The summed E-state index contributed by atoms with van der Waals surface area (Å²) in [5, 5.41) is 3.49. The Bertz CT molecular complexity index is 537. The Morgan fingerprint density at radius 2 is 1.85 bits per heavy atom. The SMILES string of the molecule is CC(C)C(NCc1ccc(Br)cn1)c1ccc(F)cc1. The highest BCUT2D eigenvalue weighted by Crippen LogP contribution is 2.22. The van der Waals surface area contributed by atoms with Gasteiger partial charge in [0.05, 0.1) is 5.69 Å². The van der Waals surface area contributed by atoms with Crippen molar-refractivity contribution in [2.45, 2.75) is 26.4 Å². The van der Waals surface area contributed by atoms with Crippen LogP contribution in [0.4, 0.5) is 4.39 Å². The number of halogens is 2. The van der Waals surface area contributed by atoms with Gasteiger partial charge in [0.2, 0.25) is 0 Å². The molecule has 0 fully saturated rings. The van der Waals surface area contributed by atoms with Crippen LogP contribution in [0, 0.1) is 11.7 Å². The number of hydrogen-bond acceptors (Lipinski definition) is 2. The number of benzene rings is 1. The largest absolute Gasteiger partial charge is 0.304 e. The van der Waals surface area contributed by atoms with Crippen LogP contribution >= 0.6 is 15.9 Å². The first-order chi connectivity index (χ1) is 9.56. The summed E-state index contributed by atoms with van der Waals surface area (Å²) in [4.78, 5) is 4.35. The molecule has 1 N–H and O–H groups in total. The number of pyridine rings is 1. The summed E-state index contributed by atoms with van der Waals surface area (Å²) in [6.07, 6.45) is 1.79. The van der Waals surface area contributed by atoms with E-state index in [1.54, 1.807) is 6.20 Å². The lowest BCUT2D eigenvalue weighted by atomic mass is 9.96. The molecule has 0 aliphatic rings. The Morgan fingerprint density at radius 3 is 2.40 bits per heavy atom. The monoisotopic (exact) mass is 336 g/mol. The third kappa shape index (κ3) is 4.12. The van der Waals surface area contributed by atoms with Crippen LogP contribution in [0.15, 0.2) is 47.1 Å². The number of aromatic nitrogens is 1. The van der Waals surface area contributed by atoms with E-state index in [1.165, 1.54) is 12.1 Å². The van der Waals surface area contributed by atoms with Crippen molar-refractivity contribution in [2.75, 3.05) is 0 Å². The first-order valence-corrected chi connectivity index (χ1v) is 7.45. The maximum atomic E-state index is 13.0. The van der Waals surface area contributed by atoms with E-state index in [4.69, 9.17) is 0 Å². The molecule has 1 atom stereocenters. The standard InChI is InChI=1S/C16H18BrFN2/c1-11(2)16(12-3-6-14(18)7-4-12)20-10-15-8-5-13(17)9-19-15/h3-9,11,16,20H,10H2,1-2H3. The summed E-state index contributed by atoms with van der Waals surface area (Å²) in [5.41, 5.74) is 2.08. The Balaban J connectivity index is 2.06. The molecule has 2 nitrogen and oxygen atoms in total. The lowest BCUT2D eigenvalue weighted by Crippen LogP contribution is -2.25. The first-order valence-electron chi connectivity index (χ1n) is 6.65. The van der Waals surface area contributed by atoms with Crippen LogP contribution in [0.1, 0.15) is 31.1 Å². The van der Waals surface area contributed by atoms with Gasteiger partial charge in [0.25, 0.3) is 0 Å². The molecular formula is C16H18BrFN2. The van der Waals surface area contributed by atoms with E-state index in [0.717, 1.165) is 15.7 Å². The van der Waals surface area contributed by atoms with Crippen molar-refractivity contribution in [3.05, 3.63) is 64.1 Å². The highest BCUT2D eigenvalue weighted by Gasteiger charge is 2.15. The van der Waals surface area contributed by atoms with Crippen molar-refractivity contribution >= 4 is 15.9 Å². The minimum atomic E-state index is -0.203. The van der Waals surface area contributed by atoms with E-state index in [9.17, 15) is 4.39 Å². The van der Waals surface area contributed by atoms with Crippen LogP contribution in [0.3, 0.4) is 0 Å². The van der Waals surface area contributed by atoms with Crippen LogP contribution in [-0.4, -0.2) is 4.98 Å². The third-order valence-corrected chi connectivity index (χ3v) is 3.66. The van der Waals surface area contributed by atoms with Crippen LogP contribution in [0.2, 0.25) is 0 Å². The van der Waals surface area contributed by atoms with Gasteiger partial charge in [0, 0.05) is 23.3 Å². The van der Waals surface area contributed by atoms with Crippen molar-refractivity contribution in [3.63, 3.8) is 0 Å². The summed E-state index contributed by atoms with van der Waals surface area (Å²) in [7, 11) is 0. The minimum absolute atomic E-state index is 0.182. The van der Waals surface area contributed by atoms with Gasteiger partial charge in [-0.15, -0.1) is 0 Å². The quantitative estimate of drug-likeness (QED) is 0.871. The summed E-state index contributed by atoms with van der Waals surface area (Å²) >= 11 is 3.37. The number of rotatable bonds is 5. The molecule has 0 radical (unpaired) electrons. The van der Waals surface area contributed by atoms with Crippen molar-refractivity contribution in [1.29, 1.82) is 0 Å². The Morgan fingerprint density at radius 1 is 1.15 bits per heavy atom. The van der Waals surface area contributed by atoms with Gasteiger partial charge in [-0.1, -0.05) is 26.0 Å². The molecule has 20 heavy (non-hydrogen) atoms. The van der Waals surface area contributed by atoms with Gasteiger partial charge in [-0.05, 0) is 51.7 Å². The van der Waals surface area contributed by atoms with Gasteiger partial charge in [-0.2, -0.15) is 0 Å². The van der Waals surface area contributed by atoms with Crippen LogP contribution < -0.4 is 5.32 Å². The average Bonchev–Trinajstić information content (AvgIpc) is 2.43. The number of hydrogen-bond donors (Lipinski definition) is 1.